The van der Waals surface area contributed by atoms with Crippen LogP contribution in [-0.2, 0) is 0 Å². The first kappa shape index (κ1) is 17.5. The molecule has 0 aliphatic carbocycles. The molecule has 0 aliphatic heterocycles. The van der Waals surface area contributed by atoms with Gasteiger partial charge in [-0.05, 0) is 24.6 Å². The van der Waals surface area contributed by atoms with Gasteiger partial charge in [0, 0.05) is 16.8 Å². The van der Waals surface area contributed by atoms with E-state index in [1.807, 2.05) is 6.92 Å². The molecule has 1 rings (SSSR count). The summed E-state index contributed by atoms with van der Waals surface area (Å²) < 4.78 is 0. The van der Waals surface area contributed by atoms with Gasteiger partial charge >= 0.3 is 0 Å². The SMILES string of the molecule is C=C/C(Cl)=C\C(=C/C)c1cnc(C(=O)NCC(=C)O)c(O)c1. The summed E-state index contributed by atoms with van der Waals surface area (Å²) in [4.78, 5) is 15.7. The zero-order valence-electron chi connectivity index (χ0n) is 12.1. The third-order valence-corrected chi connectivity index (χ3v) is 2.93. The van der Waals surface area contributed by atoms with Gasteiger partial charge in [0.25, 0.3) is 5.91 Å². The molecule has 0 saturated carbocycles. The highest BCUT2D eigenvalue weighted by Gasteiger charge is 2.14. The maximum atomic E-state index is 11.8. The quantitative estimate of drug-likeness (QED) is 0.555. The second kappa shape index (κ2) is 8.05. The summed E-state index contributed by atoms with van der Waals surface area (Å²) in [5.74, 6) is -1.08. The van der Waals surface area contributed by atoms with Gasteiger partial charge in [-0.15, -0.1) is 0 Å². The Morgan fingerprint density at radius 3 is 2.73 bits per heavy atom. The van der Waals surface area contributed by atoms with Crippen molar-refractivity contribution in [3.05, 3.63) is 65.7 Å². The van der Waals surface area contributed by atoms with Gasteiger partial charge < -0.3 is 15.5 Å². The molecule has 0 fully saturated rings. The second-order valence-electron chi connectivity index (χ2n) is 4.32. The minimum absolute atomic E-state index is 0.112. The average Bonchev–Trinajstić information content (AvgIpc) is 2.49. The van der Waals surface area contributed by atoms with Crippen LogP contribution < -0.4 is 5.32 Å². The summed E-state index contributed by atoms with van der Waals surface area (Å²) in [5, 5.41) is 21.7. The molecule has 1 amide bonds. The van der Waals surface area contributed by atoms with Gasteiger partial charge in [0.2, 0.25) is 0 Å². The van der Waals surface area contributed by atoms with Crippen molar-refractivity contribution >= 4 is 23.1 Å². The number of aliphatic hydroxyl groups excluding tert-OH is 1. The Morgan fingerprint density at radius 1 is 1.55 bits per heavy atom. The molecule has 0 bridgehead atoms. The lowest BCUT2D eigenvalue weighted by molar-refractivity contribution is 0.0944. The largest absolute Gasteiger partial charge is 0.511 e. The summed E-state index contributed by atoms with van der Waals surface area (Å²) in [6.07, 6.45) is 6.39. The number of hydrogen-bond donors (Lipinski definition) is 3. The van der Waals surface area contributed by atoms with Crippen LogP contribution in [0.5, 0.6) is 5.75 Å². The van der Waals surface area contributed by atoms with Gasteiger partial charge in [-0.3, -0.25) is 4.79 Å². The first-order chi connectivity index (χ1) is 10.4. The molecule has 5 nitrogen and oxygen atoms in total. The molecule has 0 saturated heterocycles. The van der Waals surface area contributed by atoms with E-state index < -0.39 is 5.91 Å². The number of pyridine rings is 1. The maximum Gasteiger partial charge on any atom is 0.274 e. The van der Waals surface area contributed by atoms with Crippen molar-refractivity contribution in [2.75, 3.05) is 6.54 Å². The summed E-state index contributed by atoms with van der Waals surface area (Å²) in [6, 6.07) is 1.41. The molecular formula is C16H17ClN2O3. The molecule has 1 aromatic heterocycles. The Balaban J connectivity index is 3.05. The number of carbonyl (C=O) groups excluding carboxylic acids is 1. The summed E-state index contributed by atoms with van der Waals surface area (Å²) in [6.45, 7) is 8.51. The van der Waals surface area contributed by atoms with Crippen molar-refractivity contribution in [3.8, 4) is 5.75 Å². The lowest BCUT2D eigenvalue weighted by Gasteiger charge is -2.08. The van der Waals surface area contributed by atoms with E-state index >= 15 is 0 Å². The number of nitrogens with zero attached hydrogens (tertiary/aromatic N) is 1. The summed E-state index contributed by atoms with van der Waals surface area (Å²) in [5.41, 5.74) is 1.19. The van der Waals surface area contributed by atoms with E-state index in [4.69, 9.17) is 16.7 Å². The molecule has 22 heavy (non-hydrogen) atoms. The van der Waals surface area contributed by atoms with Crippen LogP contribution >= 0.6 is 11.6 Å². The minimum atomic E-state index is -0.610. The molecule has 0 aromatic carbocycles. The normalized spacial score (nSPS) is 11.9. The summed E-state index contributed by atoms with van der Waals surface area (Å²) >= 11 is 5.90. The first-order valence-electron chi connectivity index (χ1n) is 6.39. The Hall–Kier alpha value is -2.53. The van der Waals surface area contributed by atoms with E-state index in [9.17, 15) is 9.90 Å². The van der Waals surface area contributed by atoms with E-state index in [-0.39, 0.29) is 23.7 Å². The number of hydrogen-bond acceptors (Lipinski definition) is 4. The summed E-state index contributed by atoms with van der Waals surface area (Å²) in [7, 11) is 0. The lowest BCUT2D eigenvalue weighted by Crippen LogP contribution is -2.26. The predicted octanol–water partition coefficient (Wildman–Crippen LogP) is 3.30. The van der Waals surface area contributed by atoms with Crippen molar-refractivity contribution in [1.29, 1.82) is 0 Å². The van der Waals surface area contributed by atoms with Crippen LogP contribution in [0.25, 0.3) is 5.57 Å². The highest BCUT2D eigenvalue weighted by Crippen LogP contribution is 2.24. The zero-order chi connectivity index (χ0) is 16.7. The van der Waals surface area contributed by atoms with E-state index in [2.05, 4.69) is 23.5 Å². The Bertz CT molecular complexity index is 663. The number of aliphatic hydroxyl groups is 1. The number of halogens is 1. The predicted molar refractivity (Wildman–Crippen MR) is 87.8 cm³/mol. The molecule has 0 atom stereocenters. The van der Waals surface area contributed by atoms with Crippen LogP contribution in [0.1, 0.15) is 23.0 Å². The fourth-order valence-electron chi connectivity index (χ4n) is 1.59. The van der Waals surface area contributed by atoms with Crippen molar-refractivity contribution in [1.82, 2.24) is 10.3 Å². The molecule has 1 heterocycles. The van der Waals surface area contributed by atoms with E-state index in [0.717, 1.165) is 5.57 Å². The van der Waals surface area contributed by atoms with Gasteiger partial charge in [-0.25, -0.2) is 4.98 Å². The van der Waals surface area contributed by atoms with Crippen LogP contribution in [0.2, 0.25) is 0 Å². The lowest BCUT2D eigenvalue weighted by atomic mass is 10.1. The van der Waals surface area contributed by atoms with Crippen LogP contribution in [0.15, 0.2) is 54.4 Å². The Morgan fingerprint density at radius 2 is 2.23 bits per heavy atom. The van der Waals surface area contributed by atoms with Gasteiger partial charge in [0.15, 0.2) is 5.69 Å². The van der Waals surface area contributed by atoms with E-state index in [1.54, 1.807) is 12.2 Å². The highest BCUT2D eigenvalue weighted by molar-refractivity contribution is 6.31. The molecule has 0 spiro atoms. The number of carbonyl (C=O) groups is 1. The fraction of sp³-hybridized carbons (Fsp3) is 0.125. The number of nitrogens with one attached hydrogen (secondary N) is 1. The Kier molecular flexibility index (Phi) is 6.41. The van der Waals surface area contributed by atoms with Crippen LogP contribution in [0.3, 0.4) is 0 Å². The smallest absolute Gasteiger partial charge is 0.274 e. The number of allylic oxidation sites excluding steroid dienone is 5. The molecule has 0 unspecified atom stereocenters. The zero-order valence-corrected chi connectivity index (χ0v) is 12.9. The maximum absolute atomic E-state index is 11.8. The molecule has 1 aromatic rings. The van der Waals surface area contributed by atoms with E-state index in [0.29, 0.717) is 10.6 Å². The Labute approximate surface area is 134 Å². The number of amides is 1. The van der Waals surface area contributed by atoms with Gasteiger partial charge in [-0.1, -0.05) is 36.9 Å². The molecule has 116 valence electrons. The molecule has 0 radical (unpaired) electrons. The standard InChI is InChI=1S/C16H17ClN2O3/c1-4-11(6-13(17)5-2)12-7-14(21)15(18-9-12)16(22)19-8-10(3)20/h4-7,9,20-21H,2-3,8H2,1H3,(H,19,22)/b11-4+,13-6+. The average molecular weight is 321 g/mol. The van der Waals surface area contributed by atoms with Crippen LogP contribution in [0, 0.1) is 0 Å². The van der Waals surface area contributed by atoms with Crippen LogP contribution in [0.4, 0.5) is 0 Å². The first-order valence-corrected chi connectivity index (χ1v) is 6.77. The monoisotopic (exact) mass is 320 g/mol. The number of rotatable bonds is 6. The molecule has 6 heteroatoms. The topological polar surface area (TPSA) is 82.5 Å². The highest BCUT2D eigenvalue weighted by atomic mass is 35.5. The molecule has 0 aliphatic rings. The van der Waals surface area contributed by atoms with Crippen molar-refractivity contribution in [2.24, 2.45) is 0 Å². The number of aromatic nitrogens is 1. The van der Waals surface area contributed by atoms with Crippen molar-refractivity contribution < 1.29 is 15.0 Å². The third kappa shape index (κ3) is 4.79. The van der Waals surface area contributed by atoms with Crippen molar-refractivity contribution in [3.63, 3.8) is 0 Å². The minimum Gasteiger partial charge on any atom is -0.511 e. The second-order valence-corrected chi connectivity index (χ2v) is 4.75. The van der Waals surface area contributed by atoms with Crippen LogP contribution in [-0.4, -0.2) is 27.6 Å². The fourth-order valence-corrected chi connectivity index (χ4v) is 1.71. The third-order valence-electron chi connectivity index (χ3n) is 2.67. The van der Waals surface area contributed by atoms with Gasteiger partial charge in [0.1, 0.15) is 11.5 Å². The van der Waals surface area contributed by atoms with Crippen molar-refractivity contribution in [2.45, 2.75) is 6.92 Å². The van der Waals surface area contributed by atoms with Gasteiger partial charge in [-0.2, -0.15) is 0 Å². The van der Waals surface area contributed by atoms with E-state index in [1.165, 1.54) is 18.3 Å². The number of aromatic hydroxyl groups is 1. The molecular weight excluding hydrogens is 304 g/mol. The van der Waals surface area contributed by atoms with Gasteiger partial charge in [0.05, 0.1) is 6.54 Å². The molecule has 3 N–H and O–H groups in total.